The highest BCUT2D eigenvalue weighted by molar-refractivity contribution is 5.73. The van der Waals surface area contributed by atoms with Crippen LogP contribution in [0.4, 0.5) is 0 Å². The topological polar surface area (TPSA) is 26.3 Å². The SMILES string of the molecule is C=CCOc1ccc(C=CC=O)cc1. The van der Waals surface area contributed by atoms with E-state index in [1.165, 1.54) is 6.08 Å². The van der Waals surface area contributed by atoms with E-state index >= 15 is 0 Å². The van der Waals surface area contributed by atoms with Gasteiger partial charge in [0.15, 0.2) is 0 Å². The molecule has 0 heterocycles. The third-order valence-electron chi connectivity index (χ3n) is 1.62. The number of rotatable bonds is 5. The normalized spacial score (nSPS) is 10.0. The van der Waals surface area contributed by atoms with E-state index in [2.05, 4.69) is 6.58 Å². The summed E-state index contributed by atoms with van der Waals surface area (Å²) >= 11 is 0. The molecule has 0 aliphatic carbocycles. The maximum Gasteiger partial charge on any atom is 0.142 e. The van der Waals surface area contributed by atoms with Gasteiger partial charge in [-0.3, -0.25) is 4.79 Å². The van der Waals surface area contributed by atoms with Crippen LogP contribution < -0.4 is 4.74 Å². The molecule has 72 valence electrons. The van der Waals surface area contributed by atoms with Crippen molar-refractivity contribution in [1.82, 2.24) is 0 Å². The van der Waals surface area contributed by atoms with Crippen LogP contribution in [0.2, 0.25) is 0 Å². The van der Waals surface area contributed by atoms with Crippen LogP contribution in [0.15, 0.2) is 43.0 Å². The Morgan fingerprint density at radius 2 is 2.00 bits per heavy atom. The van der Waals surface area contributed by atoms with Gasteiger partial charge in [0.25, 0.3) is 0 Å². The monoisotopic (exact) mass is 188 g/mol. The molecule has 1 aromatic rings. The molecule has 0 saturated carbocycles. The van der Waals surface area contributed by atoms with Gasteiger partial charge in [-0.2, -0.15) is 0 Å². The number of aldehydes is 1. The molecule has 0 aromatic heterocycles. The van der Waals surface area contributed by atoms with E-state index in [-0.39, 0.29) is 0 Å². The van der Waals surface area contributed by atoms with Crippen molar-refractivity contribution < 1.29 is 9.53 Å². The third kappa shape index (κ3) is 3.27. The predicted octanol–water partition coefficient (Wildman–Crippen LogP) is 2.46. The van der Waals surface area contributed by atoms with Crippen LogP contribution in [0.5, 0.6) is 5.75 Å². The second-order valence-corrected chi connectivity index (χ2v) is 2.66. The molecule has 0 spiro atoms. The first kappa shape index (κ1) is 10.3. The lowest BCUT2D eigenvalue weighted by atomic mass is 10.2. The maximum atomic E-state index is 10.1. The summed E-state index contributed by atoms with van der Waals surface area (Å²) < 4.78 is 5.30. The number of hydrogen-bond acceptors (Lipinski definition) is 2. The molecule has 14 heavy (non-hydrogen) atoms. The lowest BCUT2D eigenvalue weighted by molar-refractivity contribution is -0.104. The zero-order valence-corrected chi connectivity index (χ0v) is 7.85. The Morgan fingerprint density at radius 1 is 1.29 bits per heavy atom. The van der Waals surface area contributed by atoms with Crippen molar-refractivity contribution in [2.45, 2.75) is 0 Å². The summed E-state index contributed by atoms with van der Waals surface area (Å²) in [6, 6.07) is 7.48. The van der Waals surface area contributed by atoms with Crippen LogP contribution >= 0.6 is 0 Å². The first-order valence-corrected chi connectivity index (χ1v) is 4.32. The van der Waals surface area contributed by atoms with Crippen molar-refractivity contribution in [1.29, 1.82) is 0 Å². The van der Waals surface area contributed by atoms with Crippen LogP contribution in [0, 0.1) is 0 Å². The number of carbonyl (C=O) groups excluding carboxylic acids is 1. The van der Waals surface area contributed by atoms with Crippen molar-refractivity contribution in [3.63, 3.8) is 0 Å². The maximum absolute atomic E-state index is 10.1. The molecule has 2 heteroatoms. The van der Waals surface area contributed by atoms with Crippen molar-refractivity contribution in [2.75, 3.05) is 6.61 Å². The Bertz CT molecular complexity index is 323. The molecule has 0 unspecified atom stereocenters. The second-order valence-electron chi connectivity index (χ2n) is 2.66. The lowest BCUT2D eigenvalue weighted by Gasteiger charge is -2.02. The summed E-state index contributed by atoms with van der Waals surface area (Å²) in [4.78, 5) is 10.1. The number of ether oxygens (including phenoxy) is 1. The fraction of sp³-hybridized carbons (Fsp3) is 0.0833. The highest BCUT2D eigenvalue weighted by atomic mass is 16.5. The number of benzene rings is 1. The fourth-order valence-electron chi connectivity index (χ4n) is 0.981. The summed E-state index contributed by atoms with van der Waals surface area (Å²) in [5.41, 5.74) is 0.975. The minimum atomic E-state index is 0.503. The average molecular weight is 188 g/mol. The fourth-order valence-corrected chi connectivity index (χ4v) is 0.981. The molecular weight excluding hydrogens is 176 g/mol. The van der Waals surface area contributed by atoms with Gasteiger partial charge in [-0.1, -0.05) is 30.9 Å². The van der Waals surface area contributed by atoms with Crippen molar-refractivity contribution >= 4 is 12.4 Å². The molecule has 0 aliphatic rings. The molecule has 0 radical (unpaired) electrons. The van der Waals surface area contributed by atoms with Gasteiger partial charge in [0.05, 0.1) is 0 Å². The molecule has 0 bridgehead atoms. The molecule has 0 amide bonds. The van der Waals surface area contributed by atoms with Crippen molar-refractivity contribution in [3.05, 3.63) is 48.6 Å². The number of hydrogen-bond donors (Lipinski definition) is 0. The zero-order valence-electron chi connectivity index (χ0n) is 7.85. The zero-order chi connectivity index (χ0) is 10.2. The van der Waals surface area contributed by atoms with E-state index < -0.39 is 0 Å². The van der Waals surface area contributed by atoms with Crippen molar-refractivity contribution in [2.24, 2.45) is 0 Å². The Morgan fingerprint density at radius 3 is 2.57 bits per heavy atom. The largest absolute Gasteiger partial charge is 0.490 e. The van der Waals surface area contributed by atoms with E-state index in [1.54, 1.807) is 12.2 Å². The first-order chi connectivity index (χ1) is 6.86. The van der Waals surface area contributed by atoms with Gasteiger partial charge < -0.3 is 4.74 Å². The van der Waals surface area contributed by atoms with Gasteiger partial charge in [-0.15, -0.1) is 0 Å². The first-order valence-electron chi connectivity index (χ1n) is 4.32. The van der Waals surface area contributed by atoms with Crippen LogP contribution in [-0.2, 0) is 4.79 Å². The van der Waals surface area contributed by atoms with Gasteiger partial charge in [0, 0.05) is 0 Å². The van der Waals surface area contributed by atoms with Gasteiger partial charge in [-0.05, 0) is 23.8 Å². The summed E-state index contributed by atoms with van der Waals surface area (Å²) in [6.45, 7) is 4.06. The Kier molecular flexibility index (Phi) is 4.21. The molecule has 0 saturated heterocycles. The van der Waals surface area contributed by atoms with E-state index in [4.69, 9.17) is 4.74 Å². The van der Waals surface area contributed by atoms with Gasteiger partial charge in [0.2, 0.25) is 0 Å². The number of allylic oxidation sites excluding steroid dienone is 1. The highest BCUT2D eigenvalue weighted by Gasteiger charge is 1.90. The average Bonchev–Trinajstić information content (AvgIpc) is 2.25. The molecule has 0 fully saturated rings. The Balaban J connectivity index is 2.63. The summed E-state index contributed by atoms with van der Waals surface area (Å²) in [5, 5.41) is 0. The Hall–Kier alpha value is -1.83. The smallest absolute Gasteiger partial charge is 0.142 e. The van der Waals surface area contributed by atoms with Crippen LogP contribution in [-0.4, -0.2) is 12.9 Å². The number of carbonyl (C=O) groups is 1. The van der Waals surface area contributed by atoms with Gasteiger partial charge in [-0.25, -0.2) is 0 Å². The quantitative estimate of drug-likeness (QED) is 0.403. The molecular formula is C12H12O2. The lowest BCUT2D eigenvalue weighted by Crippen LogP contribution is -1.91. The highest BCUT2D eigenvalue weighted by Crippen LogP contribution is 2.12. The van der Waals surface area contributed by atoms with Gasteiger partial charge >= 0.3 is 0 Å². The molecule has 2 nitrogen and oxygen atoms in total. The predicted molar refractivity (Wildman–Crippen MR) is 57.2 cm³/mol. The van der Waals surface area contributed by atoms with E-state index in [1.807, 2.05) is 24.3 Å². The van der Waals surface area contributed by atoms with E-state index in [9.17, 15) is 4.79 Å². The second kappa shape index (κ2) is 5.75. The summed E-state index contributed by atoms with van der Waals surface area (Å²) in [7, 11) is 0. The minimum Gasteiger partial charge on any atom is -0.490 e. The molecule has 0 aliphatic heterocycles. The third-order valence-corrected chi connectivity index (χ3v) is 1.62. The van der Waals surface area contributed by atoms with Crippen molar-refractivity contribution in [3.8, 4) is 5.75 Å². The summed E-state index contributed by atoms with van der Waals surface area (Å²) in [5.74, 6) is 0.799. The van der Waals surface area contributed by atoms with Crippen LogP contribution in [0.3, 0.4) is 0 Å². The van der Waals surface area contributed by atoms with E-state index in [0.29, 0.717) is 6.61 Å². The van der Waals surface area contributed by atoms with Gasteiger partial charge in [0.1, 0.15) is 18.6 Å². The molecule has 1 aromatic carbocycles. The minimum absolute atomic E-state index is 0.503. The van der Waals surface area contributed by atoms with E-state index in [0.717, 1.165) is 17.6 Å². The van der Waals surface area contributed by atoms with Crippen LogP contribution in [0.1, 0.15) is 5.56 Å². The molecule has 1 rings (SSSR count). The van der Waals surface area contributed by atoms with Crippen LogP contribution in [0.25, 0.3) is 6.08 Å². The standard InChI is InChI=1S/C12H12O2/c1-2-10-14-12-7-5-11(6-8-12)4-3-9-13/h2-9H,1,10H2. The molecule has 0 atom stereocenters. The Labute approximate surface area is 83.5 Å². The molecule has 0 N–H and O–H groups in total. The summed E-state index contributed by atoms with van der Waals surface area (Å²) in [6.07, 6.45) is 5.65.